The summed E-state index contributed by atoms with van der Waals surface area (Å²) in [7, 11) is 1.58. The molecule has 0 spiro atoms. The molecule has 222 valence electrons. The highest BCUT2D eigenvalue weighted by Gasteiger charge is 2.18. The van der Waals surface area contributed by atoms with E-state index in [4.69, 9.17) is 4.74 Å². The number of ether oxygens (including phenoxy) is 1. The van der Waals surface area contributed by atoms with Crippen molar-refractivity contribution < 1.29 is 19.1 Å². The van der Waals surface area contributed by atoms with Gasteiger partial charge in [-0.05, 0) is 85.6 Å². The van der Waals surface area contributed by atoms with E-state index in [1.807, 2.05) is 44.2 Å². The van der Waals surface area contributed by atoms with E-state index in [2.05, 4.69) is 20.9 Å². The van der Waals surface area contributed by atoms with Crippen molar-refractivity contribution in [2.45, 2.75) is 24.0 Å². The first-order valence-electron chi connectivity index (χ1n) is 13.8. The van der Waals surface area contributed by atoms with Gasteiger partial charge in [0.2, 0.25) is 5.91 Å². The van der Waals surface area contributed by atoms with E-state index >= 15 is 0 Å². The minimum atomic E-state index is -0.496. The number of nitrogens with zero attached hydrogens (tertiary/aromatic N) is 1. The molecule has 5 rings (SSSR count). The molecule has 0 aliphatic carbocycles. The Bertz CT molecular complexity index is 1840. The summed E-state index contributed by atoms with van der Waals surface area (Å²) < 4.78 is 6.24. The lowest BCUT2D eigenvalue weighted by Crippen LogP contribution is -2.30. The maximum atomic E-state index is 13.5. The first-order valence-corrected chi connectivity index (χ1v) is 15.5. The Hall–Kier alpha value is -4.93. The topological polar surface area (TPSA) is 109 Å². The van der Waals surface area contributed by atoms with E-state index in [1.54, 1.807) is 79.9 Å². The number of thiazole rings is 1. The first kappa shape index (κ1) is 30.5. The predicted molar refractivity (Wildman–Crippen MR) is 178 cm³/mol. The fraction of sp³-hybridized carbons (Fsp3) is 0.118. The first-order chi connectivity index (χ1) is 21.3. The summed E-state index contributed by atoms with van der Waals surface area (Å²) in [5, 5.41) is 8.66. The van der Waals surface area contributed by atoms with Gasteiger partial charge in [0.1, 0.15) is 11.4 Å². The molecule has 44 heavy (non-hydrogen) atoms. The molecule has 10 heteroatoms. The number of rotatable bonds is 10. The van der Waals surface area contributed by atoms with Gasteiger partial charge in [-0.25, -0.2) is 4.98 Å². The van der Waals surface area contributed by atoms with Crippen molar-refractivity contribution in [1.29, 1.82) is 0 Å². The molecule has 5 aromatic rings. The number of benzene rings is 4. The van der Waals surface area contributed by atoms with Gasteiger partial charge in [-0.1, -0.05) is 53.8 Å². The molecule has 3 N–H and O–H groups in total. The molecule has 0 aliphatic rings. The fourth-order valence-corrected chi connectivity index (χ4v) is 6.10. The summed E-state index contributed by atoms with van der Waals surface area (Å²) in [6.45, 7) is 3.84. The van der Waals surface area contributed by atoms with Crippen molar-refractivity contribution in [2.24, 2.45) is 0 Å². The van der Waals surface area contributed by atoms with Gasteiger partial charge in [0.15, 0.2) is 5.13 Å². The predicted octanol–water partition coefficient (Wildman–Crippen LogP) is 7.14. The summed E-state index contributed by atoms with van der Waals surface area (Å²) in [5.74, 6) is -0.403. The van der Waals surface area contributed by atoms with E-state index in [1.165, 1.54) is 23.1 Å². The number of anilines is 2. The van der Waals surface area contributed by atoms with Crippen molar-refractivity contribution in [2.75, 3.05) is 17.7 Å². The quantitative estimate of drug-likeness (QED) is 0.113. The normalized spacial score (nSPS) is 11.9. The van der Waals surface area contributed by atoms with Crippen LogP contribution in [0.5, 0.6) is 5.75 Å². The molecule has 0 radical (unpaired) electrons. The molecule has 3 amide bonds. The second-order valence-corrected chi connectivity index (χ2v) is 12.3. The Morgan fingerprint density at radius 2 is 1.68 bits per heavy atom. The molecule has 0 fully saturated rings. The van der Waals surface area contributed by atoms with E-state index in [0.717, 1.165) is 20.7 Å². The second-order valence-electron chi connectivity index (χ2n) is 9.87. The van der Waals surface area contributed by atoms with Gasteiger partial charge in [0.05, 0.1) is 22.6 Å². The lowest BCUT2D eigenvalue weighted by atomic mass is 10.1. The van der Waals surface area contributed by atoms with Crippen LogP contribution in [-0.2, 0) is 9.59 Å². The molecule has 1 aromatic heterocycles. The van der Waals surface area contributed by atoms with E-state index in [0.29, 0.717) is 27.7 Å². The third-order valence-electron chi connectivity index (χ3n) is 6.50. The minimum Gasteiger partial charge on any atom is -0.497 e. The van der Waals surface area contributed by atoms with Crippen LogP contribution < -0.4 is 20.7 Å². The molecule has 0 saturated heterocycles. The number of aryl methyl sites for hydroxylation is 1. The maximum Gasteiger partial charge on any atom is 0.272 e. The molecule has 1 atom stereocenters. The Labute approximate surface area is 263 Å². The summed E-state index contributed by atoms with van der Waals surface area (Å²) in [6.07, 6.45) is 1.60. The molecule has 1 heterocycles. The molecule has 4 aromatic carbocycles. The molecule has 0 bridgehead atoms. The number of fused-ring (bicyclic) bond motifs is 1. The molecule has 0 saturated carbocycles. The van der Waals surface area contributed by atoms with Crippen LogP contribution in [0, 0.1) is 6.92 Å². The standard InChI is InChI=1S/C34H30N4O4S2/c1-21-12-17-28-30(18-21)44-34(37-28)38-31(39)22(2)43-27-11-7-10-25(20-27)35-33(41)29(19-23-13-15-26(42-3)16-14-23)36-32(40)24-8-5-4-6-9-24/h4-20,22H,1-3H3,(H,35,41)(H,36,40)(H,37,38,39)/b29-19+. The maximum absolute atomic E-state index is 13.5. The van der Waals surface area contributed by atoms with Crippen LogP contribution in [0.25, 0.3) is 16.3 Å². The van der Waals surface area contributed by atoms with Gasteiger partial charge in [-0.2, -0.15) is 0 Å². The average molecular weight is 623 g/mol. The van der Waals surface area contributed by atoms with Gasteiger partial charge in [-0.3, -0.25) is 14.4 Å². The summed E-state index contributed by atoms with van der Waals surface area (Å²) in [5.41, 5.74) is 3.70. The van der Waals surface area contributed by atoms with Gasteiger partial charge in [-0.15, -0.1) is 11.8 Å². The zero-order valence-electron chi connectivity index (χ0n) is 24.3. The summed E-state index contributed by atoms with van der Waals surface area (Å²) in [6, 6.07) is 29.0. The van der Waals surface area contributed by atoms with Crippen molar-refractivity contribution in [1.82, 2.24) is 10.3 Å². The van der Waals surface area contributed by atoms with Gasteiger partial charge < -0.3 is 20.7 Å². The largest absolute Gasteiger partial charge is 0.497 e. The zero-order valence-corrected chi connectivity index (χ0v) is 25.9. The van der Waals surface area contributed by atoms with Crippen LogP contribution in [0.3, 0.4) is 0 Å². The van der Waals surface area contributed by atoms with Gasteiger partial charge in [0, 0.05) is 16.1 Å². The SMILES string of the molecule is COc1ccc(/C=C(/NC(=O)c2ccccc2)C(=O)Nc2cccc(SC(C)C(=O)Nc3nc4ccc(C)cc4s3)c2)cc1. The van der Waals surface area contributed by atoms with Crippen LogP contribution in [-0.4, -0.2) is 35.1 Å². The second kappa shape index (κ2) is 14.0. The van der Waals surface area contributed by atoms with Crippen LogP contribution in [0.15, 0.2) is 108 Å². The number of aromatic nitrogens is 1. The average Bonchev–Trinajstić information content (AvgIpc) is 3.42. The minimum absolute atomic E-state index is 0.0702. The van der Waals surface area contributed by atoms with E-state index in [-0.39, 0.29) is 11.6 Å². The molecular formula is C34H30N4O4S2. The number of nitrogens with one attached hydrogen (secondary N) is 3. The highest BCUT2D eigenvalue weighted by molar-refractivity contribution is 8.00. The Kier molecular flexibility index (Phi) is 9.73. The number of hydrogen-bond donors (Lipinski definition) is 3. The van der Waals surface area contributed by atoms with Crippen molar-refractivity contribution in [3.63, 3.8) is 0 Å². The Morgan fingerprint density at radius 3 is 2.43 bits per heavy atom. The number of carbonyl (C=O) groups is 3. The van der Waals surface area contributed by atoms with Crippen LogP contribution in [0.1, 0.15) is 28.4 Å². The van der Waals surface area contributed by atoms with E-state index < -0.39 is 17.1 Å². The van der Waals surface area contributed by atoms with E-state index in [9.17, 15) is 14.4 Å². The molecule has 1 unspecified atom stereocenters. The third kappa shape index (κ3) is 7.91. The van der Waals surface area contributed by atoms with Crippen molar-refractivity contribution in [3.05, 3.63) is 119 Å². The molecule has 8 nitrogen and oxygen atoms in total. The monoisotopic (exact) mass is 622 g/mol. The van der Waals surface area contributed by atoms with Gasteiger partial charge in [0.25, 0.3) is 11.8 Å². The number of thioether (sulfide) groups is 1. The van der Waals surface area contributed by atoms with Crippen molar-refractivity contribution >= 4 is 67.9 Å². The number of carbonyl (C=O) groups excluding carboxylic acids is 3. The fourth-order valence-electron chi connectivity index (χ4n) is 4.20. The summed E-state index contributed by atoms with van der Waals surface area (Å²) >= 11 is 2.80. The third-order valence-corrected chi connectivity index (χ3v) is 8.53. The van der Waals surface area contributed by atoms with Crippen LogP contribution in [0.2, 0.25) is 0 Å². The Morgan fingerprint density at radius 1 is 0.909 bits per heavy atom. The molecular weight excluding hydrogens is 593 g/mol. The van der Waals surface area contributed by atoms with Crippen molar-refractivity contribution in [3.8, 4) is 5.75 Å². The van der Waals surface area contributed by atoms with Crippen LogP contribution >= 0.6 is 23.1 Å². The lowest BCUT2D eigenvalue weighted by molar-refractivity contribution is -0.115. The highest BCUT2D eigenvalue weighted by Crippen LogP contribution is 2.30. The smallest absolute Gasteiger partial charge is 0.272 e. The summed E-state index contributed by atoms with van der Waals surface area (Å²) in [4.78, 5) is 44.7. The number of methoxy groups -OCH3 is 1. The number of hydrogen-bond acceptors (Lipinski definition) is 7. The molecule has 0 aliphatic heterocycles. The zero-order chi connectivity index (χ0) is 31.1. The highest BCUT2D eigenvalue weighted by atomic mass is 32.2. The number of amides is 3. The van der Waals surface area contributed by atoms with Crippen LogP contribution in [0.4, 0.5) is 10.8 Å². The van der Waals surface area contributed by atoms with Gasteiger partial charge >= 0.3 is 0 Å². The lowest BCUT2D eigenvalue weighted by Gasteiger charge is -2.14. The Balaban J connectivity index is 1.28.